The number of rotatable bonds is 11. The van der Waals surface area contributed by atoms with Gasteiger partial charge in [0.15, 0.2) is 0 Å². The summed E-state index contributed by atoms with van der Waals surface area (Å²) < 4.78 is 18.6. The first-order chi connectivity index (χ1) is 16.7. The summed E-state index contributed by atoms with van der Waals surface area (Å²) in [7, 11) is 1.58. The van der Waals surface area contributed by atoms with Crippen molar-refractivity contribution in [1.29, 1.82) is 0 Å². The second kappa shape index (κ2) is 12.0. The molecular weight excluding hydrogens is 445 g/mol. The number of carbonyl (C=O) groups is 2. The van der Waals surface area contributed by atoms with Crippen LogP contribution in [0.5, 0.6) is 0 Å². The molecule has 0 saturated heterocycles. The molecule has 1 N–H and O–H groups in total. The van der Waals surface area contributed by atoms with E-state index in [-0.39, 0.29) is 29.6 Å². The lowest BCUT2D eigenvalue weighted by atomic mass is 9.91. The summed E-state index contributed by atoms with van der Waals surface area (Å²) in [5, 5.41) is 1.13. The Labute approximate surface area is 207 Å². The van der Waals surface area contributed by atoms with Gasteiger partial charge in [-0.2, -0.15) is 0 Å². The van der Waals surface area contributed by atoms with Crippen LogP contribution >= 0.6 is 0 Å². The zero-order chi connectivity index (χ0) is 25.4. The summed E-state index contributed by atoms with van der Waals surface area (Å²) in [6, 6.07) is 14.2. The Morgan fingerprint density at radius 1 is 0.971 bits per heavy atom. The summed E-state index contributed by atoms with van der Waals surface area (Å²) in [5.74, 6) is -0.530. The third-order valence-corrected chi connectivity index (χ3v) is 5.89. The van der Waals surface area contributed by atoms with Crippen LogP contribution in [-0.4, -0.2) is 59.9 Å². The molecule has 1 heterocycles. The van der Waals surface area contributed by atoms with E-state index in [1.807, 2.05) is 45.2 Å². The second-order valence-electron chi connectivity index (χ2n) is 10.1. The number of benzene rings is 2. The number of nitrogens with one attached hydrogen (secondary N) is 1. The van der Waals surface area contributed by atoms with Gasteiger partial charge in [-0.15, -0.1) is 0 Å². The van der Waals surface area contributed by atoms with Gasteiger partial charge in [0.05, 0.1) is 13.2 Å². The second-order valence-corrected chi connectivity index (χ2v) is 10.1. The maximum atomic E-state index is 13.5. The van der Waals surface area contributed by atoms with Gasteiger partial charge in [0, 0.05) is 50.3 Å². The molecule has 7 heteroatoms. The molecule has 0 aliphatic carbocycles. The molecule has 188 valence electrons. The molecule has 0 aliphatic rings. The summed E-state index contributed by atoms with van der Waals surface area (Å²) >= 11 is 0. The van der Waals surface area contributed by atoms with Gasteiger partial charge in [-0.3, -0.25) is 9.59 Å². The molecule has 3 aromatic rings. The molecule has 0 radical (unpaired) electrons. The van der Waals surface area contributed by atoms with Crippen LogP contribution in [0.15, 0.2) is 54.7 Å². The van der Waals surface area contributed by atoms with Gasteiger partial charge in [0.2, 0.25) is 11.8 Å². The lowest BCUT2D eigenvalue weighted by molar-refractivity contribution is -0.142. The Bertz CT molecular complexity index is 1120. The van der Waals surface area contributed by atoms with Gasteiger partial charge in [-0.25, -0.2) is 4.39 Å². The first-order valence-corrected chi connectivity index (χ1v) is 12.0. The van der Waals surface area contributed by atoms with E-state index < -0.39 is 0 Å². The van der Waals surface area contributed by atoms with Gasteiger partial charge in [-0.1, -0.05) is 51.1 Å². The number of para-hydroxylation sites is 1. The van der Waals surface area contributed by atoms with Crippen molar-refractivity contribution in [3.05, 3.63) is 71.7 Å². The van der Waals surface area contributed by atoms with E-state index in [4.69, 9.17) is 4.74 Å². The molecule has 6 nitrogen and oxygen atoms in total. The van der Waals surface area contributed by atoms with Crippen LogP contribution in [0, 0.1) is 11.2 Å². The number of ether oxygens (including phenoxy) is 1. The summed E-state index contributed by atoms with van der Waals surface area (Å²) in [4.78, 5) is 33.1. The number of nitrogens with zero attached hydrogens (tertiary/aromatic N) is 2. The average Bonchev–Trinajstić information content (AvgIpc) is 3.22. The monoisotopic (exact) mass is 481 g/mol. The van der Waals surface area contributed by atoms with Crippen molar-refractivity contribution in [1.82, 2.24) is 14.8 Å². The number of H-pyrrole nitrogens is 1. The molecule has 3 rings (SSSR count). The highest BCUT2D eigenvalue weighted by Crippen LogP contribution is 2.21. The van der Waals surface area contributed by atoms with Gasteiger partial charge < -0.3 is 19.5 Å². The predicted octanol–water partition coefficient (Wildman–Crippen LogP) is 4.79. The topological polar surface area (TPSA) is 65.6 Å². The SMILES string of the molecule is COCCN(CC(=O)N(CCc1c[nH]c2ccccc12)Cc1ccc(F)cc1)C(=O)CC(C)(C)C. The fraction of sp³-hybridized carbons (Fsp3) is 0.429. The van der Waals surface area contributed by atoms with E-state index in [0.29, 0.717) is 39.1 Å². The molecule has 0 fully saturated rings. The highest BCUT2D eigenvalue weighted by Gasteiger charge is 2.25. The lowest BCUT2D eigenvalue weighted by Gasteiger charge is -2.29. The maximum Gasteiger partial charge on any atom is 0.242 e. The first kappa shape index (κ1) is 26.4. The molecular formula is C28H36FN3O3. The van der Waals surface area contributed by atoms with Crippen molar-refractivity contribution in [2.45, 2.75) is 40.2 Å². The number of hydrogen-bond acceptors (Lipinski definition) is 3. The van der Waals surface area contributed by atoms with E-state index in [2.05, 4.69) is 11.1 Å². The van der Waals surface area contributed by atoms with E-state index in [1.54, 1.807) is 29.0 Å². The number of amides is 2. The standard InChI is InChI=1S/C28H36FN3O3/c1-28(2,3)17-26(33)32(15-16-35-4)20-27(34)31(19-21-9-11-23(29)12-10-21)14-13-22-18-30-25-8-6-5-7-24(22)25/h5-12,18,30H,13-17,19-20H2,1-4H3. The average molecular weight is 482 g/mol. The van der Waals surface area contributed by atoms with Gasteiger partial charge in [-0.05, 0) is 41.2 Å². The molecule has 35 heavy (non-hydrogen) atoms. The first-order valence-electron chi connectivity index (χ1n) is 12.0. The maximum absolute atomic E-state index is 13.5. The van der Waals surface area contributed by atoms with Gasteiger partial charge in [0.25, 0.3) is 0 Å². The molecule has 0 bridgehead atoms. The number of aromatic nitrogens is 1. The smallest absolute Gasteiger partial charge is 0.242 e. The largest absolute Gasteiger partial charge is 0.383 e. The number of fused-ring (bicyclic) bond motifs is 1. The third kappa shape index (κ3) is 7.92. The third-order valence-electron chi connectivity index (χ3n) is 5.89. The summed E-state index contributed by atoms with van der Waals surface area (Å²) in [5.41, 5.74) is 2.83. The van der Waals surface area contributed by atoms with Crippen LogP contribution in [-0.2, 0) is 27.3 Å². The van der Waals surface area contributed by atoms with Gasteiger partial charge in [0.1, 0.15) is 5.82 Å². The van der Waals surface area contributed by atoms with Crippen molar-refractivity contribution in [3.63, 3.8) is 0 Å². The molecule has 2 aromatic carbocycles. The number of halogens is 1. The van der Waals surface area contributed by atoms with Crippen molar-refractivity contribution < 1.29 is 18.7 Å². The van der Waals surface area contributed by atoms with E-state index in [1.165, 1.54) is 12.1 Å². The van der Waals surface area contributed by atoms with E-state index in [9.17, 15) is 14.0 Å². The van der Waals surface area contributed by atoms with Crippen LogP contribution in [0.1, 0.15) is 38.3 Å². The van der Waals surface area contributed by atoms with E-state index >= 15 is 0 Å². The fourth-order valence-electron chi connectivity index (χ4n) is 4.02. The van der Waals surface area contributed by atoms with Crippen LogP contribution in [0.2, 0.25) is 0 Å². The normalized spacial score (nSPS) is 11.6. The Morgan fingerprint density at radius 2 is 1.69 bits per heavy atom. The van der Waals surface area contributed by atoms with Gasteiger partial charge >= 0.3 is 0 Å². The highest BCUT2D eigenvalue weighted by atomic mass is 19.1. The van der Waals surface area contributed by atoms with Crippen molar-refractivity contribution >= 4 is 22.7 Å². The summed E-state index contributed by atoms with van der Waals surface area (Å²) in [6.07, 6.45) is 2.98. The number of hydrogen-bond donors (Lipinski definition) is 1. The molecule has 1 aromatic heterocycles. The lowest BCUT2D eigenvalue weighted by Crippen LogP contribution is -2.45. The minimum absolute atomic E-state index is 0.0205. The van der Waals surface area contributed by atoms with E-state index in [0.717, 1.165) is 22.0 Å². The number of methoxy groups -OCH3 is 1. The van der Waals surface area contributed by atoms with Crippen molar-refractivity contribution in [2.24, 2.45) is 5.41 Å². The zero-order valence-corrected chi connectivity index (χ0v) is 21.1. The Hall–Kier alpha value is -3.19. The highest BCUT2D eigenvalue weighted by molar-refractivity contribution is 5.85. The zero-order valence-electron chi connectivity index (χ0n) is 21.1. The quantitative estimate of drug-likeness (QED) is 0.428. The van der Waals surface area contributed by atoms with Crippen LogP contribution in [0.3, 0.4) is 0 Å². The minimum atomic E-state index is -0.316. The van der Waals surface area contributed by atoms with Crippen LogP contribution in [0.25, 0.3) is 10.9 Å². The van der Waals surface area contributed by atoms with Crippen molar-refractivity contribution in [2.75, 3.05) is 33.4 Å². The number of aromatic amines is 1. The molecule has 0 saturated carbocycles. The molecule has 0 aliphatic heterocycles. The number of carbonyl (C=O) groups excluding carboxylic acids is 2. The Kier molecular flexibility index (Phi) is 9.04. The summed E-state index contributed by atoms with van der Waals surface area (Å²) in [6.45, 7) is 7.51. The van der Waals surface area contributed by atoms with Crippen molar-refractivity contribution in [3.8, 4) is 0 Å². The minimum Gasteiger partial charge on any atom is -0.383 e. The Balaban J connectivity index is 1.77. The van der Waals surface area contributed by atoms with Crippen LogP contribution in [0.4, 0.5) is 4.39 Å². The molecule has 0 unspecified atom stereocenters. The Morgan fingerprint density at radius 3 is 2.37 bits per heavy atom. The molecule has 2 amide bonds. The fourth-order valence-corrected chi connectivity index (χ4v) is 4.02. The van der Waals surface area contributed by atoms with Crippen LogP contribution < -0.4 is 0 Å². The molecule has 0 spiro atoms. The predicted molar refractivity (Wildman–Crippen MR) is 136 cm³/mol. The molecule has 0 atom stereocenters.